The molecule has 6 nitrogen and oxygen atoms in total. The second kappa shape index (κ2) is 8.29. The van der Waals surface area contributed by atoms with Gasteiger partial charge in [0, 0.05) is 23.4 Å². The average Bonchev–Trinajstić information content (AvgIpc) is 3.20. The summed E-state index contributed by atoms with van der Waals surface area (Å²) in [7, 11) is 0. The number of carbonyl (C=O) groups excluding carboxylic acids is 1. The van der Waals surface area contributed by atoms with Crippen LogP contribution in [0.3, 0.4) is 0 Å². The SMILES string of the molecule is CCCc1c(-c2nc(-c3ccc(CN)cc3)no2)[nH]c(C)c1C(C)=O.Cl. The zero-order chi connectivity index (χ0) is 18.0. The van der Waals surface area contributed by atoms with Crippen molar-refractivity contribution in [2.24, 2.45) is 5.73 Å². The van der Waals surface area contributed by atoms with E-state index >= 15 is 0 Å². The van der Waals surface area contributed by atoms with Crippen LogP contribution in [-0.2, 0) is 13.0 Å². The molecule has 0 spiro atoms. The summed E-state index contributed by atoms with van der Waals surface area (Å²) in [6.07, 6.45) is 1.70. The highest BCUT2D eigenvalue weighted by atomic mass is 35.5. The van der Waals surface area contributed by atoms with Crippen LogP contribution in [0.4, 0.5) is 0 Å². The third-order valence-corrected chi connectivity index (χ3v) is 4.23. The minimum Gasteiger partial charge on any atom is -0.354 e. The minimum absolute atomic E-state index is 0. The third kappa shape index (κ3) is 3.71. The maximum atomic E-state index is 12.0. The first-order valence-electron chi connectivity index (χ1n) is 8.41. The van der Waals surface area contributed by atoms with Crippen molar-refractivity contribution in [1.82, 2.24) is 15.1 Å². The number of nitrogens with one attached hydrogen (secondary N) is 1. The van der Waals surface area contributed by atoms with Gasteiger partial charge in [0.15, 0.2) is 5.78 Å². The number of H-pyrrole nitrogens is 1. The van der Waals surface area contributed by atoms with Gasteiger partial charge >= 0.3 is 0 Å². The van der Waals surface area contributed by atoms with Crippen LogP contribution < -0.4 is 5.73 Å². The first kappa shape index (κ1) is 19.9. The maximum Gasteiger partial charge on any atom is 0.274 e. The number of rotatable bonds is 6. The number of hydrogen-bond donors (Lipinski definition) is 2. The number of nitrogens with two attached hydrogens (primary N) is 1. The van der Waals surface area contributed by atoms with E-state index in [1.165, 1.54) is 0 Å². The number of aromatic amines is 1. The molecule has 3 aromatic rings. The zero-order valence-electron chi connectivity index (χ0n) is 15.1. The van der Waals surface area contributed by atoms with Crippen molar-refractivity contribution in [3.05, 3.63) is 46.6 Å². The van der Waals surface area contributed by atoms with E-state index in [4.69, 9.17) is 10.3 Å². The predicted octanol–water partition coefficient (Wildman–Crippen LogP) is 4.08. The molecule has 0 saturated carbocycles. The van der Waals surface area contributed by atoms with Gasteiger partial charge in [0.05, 0.1) is 0 Å². The van der Waals surface area contributed by atoms with Gasteiger partial charge in [0.2, 0.25) is 5.82 Å². The average molecular weight is 375 g/mol. The normalized spacial score (nSPS) is 10.6. The van der Waals surface area contributed by atoms with Crippen LogP contribution in [-0.4, -0.2) is 20.9 Å². The number of halogens is 1. The molecule has 3 N–H and O–H groups in total. The van der Waals surface area contributed by atoms with E-state index < -0.39 is 0 Å². The van der Waals surface area contributed by atoms with Crippen molar-refractivity contribution in [2.45, 2.75) is 40.2 Å². The monoisotopic (exact) mass is 374 g/mol. The molecule has 0 aliphatic heterocycles. The lowest BCUT2D eigenvalue weighted by molar-refractivity contribution is 0.101. The van der Waals surface area contributed by atoms with E-state index in [1.807, 2.05) is 31.2 Å². The number of benzene rings is 1. The summed E-state index contributed by atoms with van der Waals surface area (Å²) < 4.78 is 5.47. The highest BCUT2D eigenvalue weighted by Gasteiger charge is 2.22. The molecule has 1 aromatic carbocycles. The maximum absolute atomic E-state index is 12.0. The quantitative estimate of drug-likeness (QED) is 0.633. The summed E-state index contributed by atoms with van der Waals surface area (Å²) >= 11 is 0. The summed E-state index contributed by atoms with van der Waals surface area (Å²) in [4.78, 5) is 19.8. The highest BCUT2D eigenvalue weighted by molar-refractivity contribution is 5.98. The van der Waals surface area contributed by atoms with E-state index in [0.29, 0.717) is 18.3 Å². The predicted molar refractivity (Wildman–Crippen MR) is 103 cm³/mol. The molecule has 138 valence electrons. The fourth-order valence-electron chi connectivity index (χ4n) is 3.07. The fraction of sp³-hybridized carbons (Fsp3) is 0.316. The summed E-state index contributed by atoms with van der Waals surface area (Å²) in [5.74, 6) is 0.954. The Morgan fingerprint density at radius 1 is 1.27 bits per heavy atom. The summed E-state index contributed by atoms with van der Waals surface area (Å²) in [5.41, 5.74) is 10.8. The van der Waals surface area contributed by atoms with E-state index in [0.717, 1.165) is 46.5 Å². The third-order valence-electron chi connectivity index (χ3n) is 4.23. The Balaban J connectivity index is 0.00000243. The molecule has 3 rings (SSSR count). The first-order chi connectivity index (χ1) is 12.0. The second-order valence-corrected chi connectivity index (χ2v) is 6.11. The Morgan fingerprint density at radius 3 is 2.54 bits per heavy atom. The van der Waals surface area contributed by atoms with Gasteiger partial charge in [-0.2, -0.15) is 4.98 Å². The van der Waals surface area contributed by atoms with Crippen LogP contribution >= 0.6 is 12.4 Å². The second-order valence-electron chi connectivity index (χ2n) is 6.11. The van der Waals surface area contributed by atoms with Gasteiger partial charge in [-0.1, -0.05) is 42.8 Å². The number of ketones is 1. The van der Waals surface area contributed by atoms with Crippen molar-refractivity contribution >= 4 is 18.2 Å². The number of nitrogens with zero attached hydrogens (tertiary/aromatic N) is 2. The first-order valence-corrected chi connectivity index (χ1v) is 8.41. The lowest BCUT2D eigenvalue weighted by Gasteiger charge is -2.01. The van der Waals surface area contributed by atoms with Crippen molar-refractivity contribution < 1.29 is 9.32 Å². The molecule has 0 bridgehead atoms. The molecule has 0 radical (unpaired) electrons. The van der Waals surface area contributed by atoms with Gasteiger partial charge in [-0.25, -0.2) is 0 Å². The Hall–Kier alpha value is -2.44. The lowest BCUT2D eigenvalue weighted by atomic mass is 10.0. The fourth-order valence-corrected chi connectivity index (χ4v) is 3.07. The van der Waals surface area contributed by atoms with Gasteiger partial charge in [0.1, 0.15) is 5.69 Å². The number of aryl methyl sites for hydroxylation is 1. The summed E-state index contributed by atoms with van der Waals surface area (Å²) in [6, 6.07) is 7.73. The van der Waals surface area contributed by atoms with Gasteiger partial charge in [-0.15, -0.1) is 12.4 Å². The van der Waals surface area contributed by atoms with Crippen LogP contribution in [0.25, 0.3) is 23.0 Å². The van der Waals surface area contributed by atoms with Crippen LogP contribution in [0, 0.1) is 6.92 Å². The van der Waals surface area contributed by atoms with Gasteiger partial charge in [0.25, 0.3) is 5.89 Å². The molecule has 0 amide bonds. The standard InChI is InChI=1S/C19H22N4O2.ClH/c1-4-5-15-16(12(3)24)11(2)21-17(15)19-22-18(23-25-19)14-8-6-13(10-20)7-9-14;/h6-9,21H,4-5,10,20H2,1-3H3;1H. The summed E-state index contributed by atoms with van der Waals surface area (Å²) in [6.45, 7) is 6.04. The van der Waals surface area contributed by atoms with Crippen LogP contribution in [0.2, 0.25) is 0 Å². The van der Waals surface area contributed by atoms with Crippen LogP contribution in [0.5, 0.6) is 0 Å². The molecule has 0 fully saturated rings. The highest BCUT2D eigenvalue weighted by Crippen LogP contribution is 2.30. The van der Waals surface area contributed by atoms with Crippen LogP contribution in [0.15, 0.2) is 28.8 Å². The molecule has 0 aliphatic carbocycles. The van der Waals surface area contributed by atoms with E-state index in [9.17, 15) is 4.79 Å². The molecule has 2 aromatic heterocycles. The Bertz CT molecular complexity index is 897. The Morgan fingerprint density at radius 2 is 1.96 bits per heavy atom. The van der Waals surface area contributed by atoms with Gasteiger partial charge < -0.3 is 15.2 Å². The Labute approximate surface area is 158 Å². The number of aromatic nitrogens is 3. The number of hydrogen-bond acceptors (Lipinski definition) is 5. The van der Waals surface area contributed by atoms with E-state index in [-0.39, 0.29) is 18.2 Å². The van der Waals surface area contributed by atoms with Crippen molar-refractivity contribution in [1.29, 1.82) is 0 Å². The topological polar surface area (TPSA) is 97.8 Å². The molecule has 0 atom stereocenters. The summed E-state index contributed by atoms with van der Waals surface area (Å²) in [5, 5.41) is 4.08. The number of carbonyl (C=O) groups is 1. The molecule has 7 heteroatoms. The molecule has 0 aliphatic rings. The van der Waals surface area contributed by atoms with Crippen molar-refractivity contribution in [2.75, 3.05) is 0 Å². The van der Waals surface area contributed by atoms with Gasteiger partial charge in [-0.3, -0.25) is 4.79 Å². The van der Waals surface area contributed by atoms with Crippen molar-refractivity contribution in [3.63, 3.8) is 0 Å². The molecular weight excluding hydrogens is 352 g/mol. The minimum atomic E-state index is 0. The lowest BCUT2D eigenvalue weighted by Crippen LogP contribution is -1.98. The largest absolute Gasteiger partial charge is 0.354 e. The molecule has 2 heterocycles. The molecule has 26 heavy (non-hydrogen) atoms. The van der Waals surface area contributed by atoms with Crippen LogP contribution in [0.1, 0.15) is 47.4 Å². The van der Waals surface area contributed by atoms with Gasteiger partial charge in [-0.05, 0) is 31.4 Å². The number of Topliss-reactive ketones (excluding diaryl/α,β-unsaturated/α-hetero) is 1. The zero-order valence-corrected chi connectivity index (χ0v) is 15.9. The molecular formula is C19H23ClN4O2. The molecule has 0 saturated heterocycles. The van der Waals surface area contributed by atoms with E-state index in [1.54, 1.807) is 6.92 Å². The molecule has 0 unspecified atom stereocenters. The van der Waals surface area contributed by atoms with E-state index in [2.05, 4.69) is 22.0 Å². The van der Waals surface area contributed by atoms with Crippen molar-refractivity contribution in [3.8, 4) is 23.0 Å². The Kier molecular flexibility index (Phi) is 6.34. The smallest absolute Gasteiger partial charge is 0.274 e.